The molecule has 1 aliphatic rings. The monoisotopic (exact) mass is 312 g/mol. The second-order valence-corrected chi connectivity index (χ2v) is 8.19. The van der Waals surface area contributed by atoms with Gasteiger partial charge in [0.2, 0.25) is 0 Å². The van der Waals surface area contributed by atoms with Crippen LogP contribution in [0.15, 0.2) is 12.4 Å². The molecule has 118 valence electrons. The fourth-order valence-electron chi connectivity index (χ4n) is 2.26. The van der Waals surface area contributed by atoms with Gasteiger partial charge in [0.25, 0.3) is 0 Å². The van der Waals surface area contributed by atoms with Crippen molar-refractivity contribution in [3.05, 3.63) is 18.1 Å². The van der Waals surface area contributed by atoms with Crippen molar-refractivity contribution in [1.82, 2.24) is 15.3 Å². The van der Waals surface area contributed by atoms with E-state index < -0.39 is 9.84 Å². The van der Waals surface area contributed by atoms with Gasteiger partial charge in [-0.15, -0.1) is 0 Å². The van der Waals surface area contributed by atoms with Gasteiger partial charge in [0, 0.05) is 19.6 Å². The molecular weight excluding hydrogens is 288 g/mol. The van der Waals surface area contributed by atoms with Crippen LogP contribution in [0.2, 0.25) is 0 Å². The third-order valence-corrected chi connectivity index (χ3v) is 5.15. The number of sulfone groups is 1. The van der Waals surface area contributed by atoms with Crippen molar-refractivity contribution in [2.24, 2.45) is 5.92 Å². The Bertz CT molecular complexity index is 543. The summed E-state index contributed by atoms with van der Waals surface area (Å²) in [6.07, 6.45) is 4.16. The van der Waals surface area contributed by atoms with E-state index in [2.05, 4.69) is 29.1 Å². The number of nitrogens with zero attached hydrogens (tertiary/aromatic N) is 3. The summed E-state index contributed by atoms with van der Waals surface area (Å²) >= 11 is 0. The summed E-state index contributed by atoms with van der Waals surface area (Å²) in [5, 5.41) is 3.33. The molecule has 2 rings (SSSR count). The van der Waals surface area contributed by atoms with Gasteiger partial charge in [-0.1, -0.05) is 13.8 Å². The second-order valence-electron chi connectivity index (χ2n) is 5.88. The number of nitrogens with one attached hydrogen (secondary N) is 1. The first-order valence-corrected chi connectivity index (χ1v) is 9.25. The van der Waals surface area contributed by atoms with Crippen molar-refractivity contribution >= 4 is 15.7 Å². The Morgan fingerprint density at radius 3 is 2.71 bits per heavy atom. The molecule has 0 bridgehead atoms. The summed E-state index contributed by atoms with van der Waals surface area (Å²) in [4.78, 5) is 10.8. The van der Waals surface area contributed by atoms with Crippen LogP contribution >= 0.6 is 0 Å². The Hall–Kier alpha value is -1.21. The number of rotatable bonds is 5. The SMILES string of the molecule is CC(C)CNCc1cnc(N2CCCS(=O)(=O)CC2)cn1. The molecule has 7 heteroatoms. The van der Waals surface area contributed by atoms with E-state index in [1.165, 1.54) is 0 Å². The Morgan fingerprint density at radius 1 is 1.24 bits per heavy atom. The van der Waals surface area contributed by atoms with Gasteiger partial charge in [-0.3, -0.25) is 4.98 Å². The van der Waals surface area contributed by atoms with E-state index in [4.69, 9.17) is 0 Å². The summed E-state index contributed by atoms with van der Waals surface area (Å²) in [5.74, 6) is 1.84. The minimum absolute atomic E-state index is 0.201. The van der Waals surface area contributed by atoms with E-state index >= 15 is 0 Å². The zero-order valence-electron chi connectivity index (χ0n) is 12.7. The molecule has 6 nitrogen and oxygen atoms in total. The van der Waals surface area contributed by atoms with Gasteiger partial charge in [0.1, 0.15) is 5.82 Å². The third kappa shape index (κ3) is 5.24. The van der Waals surface area contributed by atoms with Crippen molar-refractivity contribution in [2.45, 2.75) is 26.8 Å². The first-order chi connectivity index (χ1) is 9.96. The largest absolute Gasteiger partial charge is 0.354 e. The van der Waals surface area contributed by atoms with Gasteiger partial charge in [-0.25, -0.2) is 13.4 Å². The average molecular weight is 312 g/mol. The molecule has 1 aliphatic heterocycles. The fraction of sp³-hybridized carbons (Fsp3) is 0.714. The molecule has 0 saturated carbocycles. The predicted molar refractivity (Wildman–Crippen MR) is 84.1 cm³/mol. The maximum Gasteiger partial charge on any atom is 0.152 e. The van der Waals surface area contributed by atoms with Crippen LogP contribution in [-0.2, 0) is 16.4 Å². The van der Waals surface area contributed by atoms with Gasteiger partial charge < -0.3 is 10.2 Å². The molecule has 1 aromatic rings. The molecule has 1 aromatic heterocycles. The van der Waals surface area contributed by atoms with E-state index in [0.29, 0.717) is 25.4 Å². The quantitative estimate of drug-likeness (QED) is 0.868. The van der Waals surface area contributed by atoms with Crippen molar-refractivity contribution in [2.75, 3.05) is 36.0 Å². The molecule has 21 heavy (non-hydrogen) atoms. The van der Waals surface area contributed by atoms with Gasteiger partial charge >= 0.3 is 0 Å². The van der Waals surface area contributed by atoms with E-state index in [1.54, 1.807) is 12.4 Å². The third-order valence-electron chi connectivity index (χ3n) is 3.43. The molecule has 2 heterocycles. The summed E-state index contributed by atoms with van der Waals surface area (Å²) in [6.45, 7) is 7.21. The highest BCUT2D eigenvalue weighted by molar-refractivity contribution is 7.91. The molecule has 0 spiro atoms. The Balaban J connectivity index is 1.92. The Labute approximate surface area is 126 Å². The molecule has 0 aliphatic carbocycles. The van der Waals surface area contributed by atoms with Crippen LogP contribution < -0.4 is 10.2 Å². The Morgan fingerprint density at radius 2 is 2.05 bits per heavy atom. The molecule has 0 atom stereocenters. The van der Waals surface area contributed by atoms with Crippen molar-refractivity contribution in [3.63, 3.8) is 0 Å². The van der Waals surface area contributed by atoms with Crippen molar-refractivity contribution < 1.29 is 8.42 Å². The van der Waals surface area contributed by atoms with Crippen LogP contribution in [0.1, 0.15) is 26.0 Å². The summed E-state index contributed by atoms with van der Waals surface area (Å²) in [7, 11) is -2.89. The van der Waals surface area contributed by atoms with Gasteiger partial charge in [0.15, 0.2) is 9.84 Å². The lowest BCUT2D eigenvalue weighted by atomic mass is 10.2. The van der Waals surface area contributed by atoms with Crippen LogP contribution in [0.4, 0.5) is 5.82 Å². The minimum Gasteiger partial charge on any atom is -0.354 e. The van der Waals surface area contributed by atoms with Crippen molar-refractivity contribution in [3.8, 4) is 0 Å². The van der Waals surface area contributed by atoms with E-state index in [-0.39, 0.29) is 11.5 Å². The van der Waals surface area contributed by atoms with Crippen LogP contribution in [-0.4, -0.2) is 49.5 Å². The zero-order chi connectivity index (χ0) is 15.3. The summed E-state index contributed by atoms with van der Waals surface area (Å²) in [6, 6.07) is 0. The highest BCUT2D eigenvalue weighted by atomic mass is 32.2. The molecular formula is C14H24N4O2S. The van der Waals surface area contributed by atoms with E-state index in [1.807, 2.05) is 4.90 Å². The summed E-state index contributed by atoms with van der Waals surface area (Å²) in [5.41, 5.74) is 0.904. The number of aromatic nitrogens is 2. The molecule has 1 N–H and O–H groups in total. The minimum atomic E-state index is -2.89. The second kappa shape index (κ2) is 7.17. The molecule has 0 radical (unpaired) electrons. The summed E-state index contributed by atoms with van der Waals surface area (Å²) < 4.78 is 23.2. The standard InChI is InChI=1S/C14H24N4O2S/c1-12(2)8-15-9-13-10-17-14(11-16-13)18-4-3-6-21(19,20)7-5-18/h10-12,15H,3-9H2,1-2H3. The normalized spacial score (nSPS) is 18.7. The lowest BCUT2D eigenvalue weighted by Crippen LogP contribution is -2.28. The fourth-order valence-corrected chi connectivity index (χ4v) is 3.53. The van der Waals surface area contributed by atoms with Crippen LogP contribution in [0.25, 0.3) is 0 Å². The lowest BCUT2D eigenvalue weighted by Gasteiger charge is -2.20. The molecule has 0 unspecified atom stereocenters. The first kappa shape index (κ1) is 16.2. The van der Waals surface area contributed by atoms with E-state index in [0.717, 1.165) is 24.6 Å². The van der Waals surface area contributed by atoms with Gasteiger partial charge in [-0.2, -0.15) is 0 Å². The number of hydrogen-bond donors (Lipinski definition) is 1. The van der Waals surface area contributed by atoms with Crippen LogP contribution in [0.5, 0.6) is 0 Å². The maximum absolute atomic E-state index is 11.6. The molecule has 0 amide bonds. The molecule has 1 saturated heterocycles. The zero-order valence-corrected chi connectivity index (χ0v) is 13.6. The number of anilines is 1. The van der Waals surface area contributed by atoms with Gasteiger partial charge in [-0.05, 0) is 18.9 Å². The predicted octanol–water partition coefficient (Wildman–Crippen LogP) is 0.847. The number of hydrogen-bond acceptors (Lipinski definition) is 6. The topological polar surface area (TPSA) is 75.2 Å². The Kier molecular flexibility index (Phi) is 5.52. The molecule has 1 fully saturated rings. The smallest absolute Gasteiger partial charge is 0.152 e. The average Bonchev–Trinajstić information content (AvgIpc) is 2.60. The van der Waals surface area contributed by atoms with Crippen molar-refractivity contribution in [1.29, 1.82) is 0 Å². The highest BCUT2D eigenvalue weighted by Gasteiger charge is 2.20. The first-order valence-electron chi connectivity index (χ1n) is 7.43. The van der Waals surface area contributed by atoms with Crippen LogP contribution in [0, 0.1) is 5.92 Å². The van der Waals surface area contributed by atoms with Crippen LogP contribution in [0.3, 0.4) is 0 Å². The lowest BCUT2D eigenvalue weighted by molar-refractivity contribution is 0.547. The van der Waals surface area contributed by atoms with E-state index in [9.17, 15) is 8.42 Å². The van der Waals surface area contributed by atoms with Gasteiger partial charge in [0.05, 0.1) is 29.6 Å². The highest BCUT2D eigenvalue weighted by Crippen LogP contribution is 2.13. The molecule has 0 aromatic carbocycles. The maximum atomic E-state index is 11.6.